The van der Waals surface area contributed by atoms with Gasteiger partial charge >= 0.3 is 5.97 Å². The van der Waals surface area contributed by atoms with Crippen molar-refractivity contribution in [1.29, 1.82) is 0 Å². The number of hydrogen-bond donors (Lipinski definition) is 2. The number of benzene rings is 1. The molecule has 9 nitrogen and oxygen atoms in total. The molecule has 1 aliphatic carbocycles. The number of carbonyl (C=O) groups is 4. The van der Waals surface area contributed by atoms with Crippen molar-refractivity contribution in [3.05, 3.63) is 40.1 Å². The van der Waals surface area contributed by atoms with Crippen molar-refractivity contribution >= 4 is 23.3 Å². The lowest BCUT2D eigenvalue weighted by molar-refractivity contribution is -0.236. The summed E-state index contributed by atoms with van der Waals surface area (Å²) in [6, 6.07) is 1.37. The fourth-order valence-electron chi connectivity index (χ4n) is 5.31. The van der Waals surface area contributed by atoms with Crippen LogP contribution in [0.2, 0.25) is 0 Å². The first-order valence-corrected chi connectivity index (χ1v) is 10.8. The van der Waals surface area contributed by atoms with Crippen molar-refractivity contribution in [3.8, 4) is 5.75 Å². The molecule has 0 unspecified atom stereocenters. The van der Waals surface area contributed by atoms with Crippen LogP contribution in [0.1, 0.15) is 64.3 Å². The molecule has 2 bridgehead atoms. The third kappa shape index (κ3) is 3.55. The zero-order valence-electron chi connectivity index (χ0n) is 19.2. The molecule has 5 N–H and O–H groups in total. The van der Waals surface area contributed by atoms with Crippen LogP contribution in [0.5, 0.6) is 5.75 Å². The highest BCUT2D eigenvalue weighted by atomic mass is 16.6. The van der Waals surface area contributed by atoms with Gasteiger partial charge < -0.3 is 25.8 Å². The van der Waals surface area contributed by atoms with E-state index in [0.717, 1.165) is 6.08 Å². The third-order valence-electron chi connectivity index (χ3n) is 7.19. The Labute approximate surface area is 191 Å². The summed E-state index contributed by atoms with van der Waals surface area (Å²) in [6.45, 7) is 8.77. The maximum atomic E-state index is 13.7. The SMILES string of the molecule is Cc1cc2c(c(C(=O)[C@@H](C)[C@@H]3O[C@@H]4[C@H](C)[C@@H](OC(=O)[C@H]4C)[C@H]3C)c1O)C(=O)C=C(N)C2=O.O. The fourth-order valence-corrected chi connectivity index (χ4v) is 5.31. The monoisotopic (exact) mass is 459 g/mol. The van der Waals surface area contributed by atoms with Gasteiger partial charge in [0.15, 0.2) is 11.6 Å². The van der Waals surface area contributed by atoms with E-state index < -0.39 is 47.5 Å². The number of aromatic hydroxyl groups is 1. The molecule has 0 amide bonds. The maximum absolute atomic E-state index is 13.7. The van der Waals surface area contributed by atoms with Gasteiger partial charge in [-0.25, -0.2) is 0 Å². The van der Waals surface area contributed by atoms with E-state index in [4.69, 9.17) is 15.2 Å². The van der Waals surface area contributed by atoms with Crippen LogP contribution in [-0.4, -0.2) is 52.2 Å². The Morgan fingerprint density at radius 2 is 1.76 bits per heavy atom. The van der Waals surface area contributed by atoms with Crippen molar-refractivity contribution in [2.45, 2.75) is 52.9 Å². The Kier molecular flexibility index (Phi) is 6.25. The molecule has 33 heavy (non-hydrogen) atoms. The van der Waals surface area contributed by atoms with Gasteiger partial charge in [0.05, 0.1) is 29.4 Å². The second kappa shape index (κ2) is 8.39. The Morgan fingerprint density at radius 3 is 2.39 bits per heavy atom. The molecular formula is C24H29NO8. The number of rotatable bonds is 3. The number of phenols is 1. The van der Waals surface area contributed by atoms with Gasteiger partial charge in [-0.1, -0.05) is 20.8 Å². The largest absolute Gasteiger partial charge is 0.507 e. The summed E-state index contributed by atoms with van der Waals surface area (Å²) in [7, 11) is 0. The van der Waals surface area contributed by atoms with Gasteiger partial charge in [0.25, 0.3) is 0 Å². The number of ether oxygens (including phenoxy) is 2. The highest BCUT2D eigenvalue weighted by Crippen LogP contribution is 2.43. The fraction of sp³-hybridized carbons (Fsp3) is 0.500. The lowest BCUT2D eigenvalue weighted by Crippen LogP contribution is -2.60. The molecule has 0 saturated carbocycles. The highest BCUT2D eigenvalue weighted by molar-refractivity contribution is 6.28. The summed E-state index contributed by atoms with van der Waals surface area (Å²) in [5.74, 6) is -3.88. The molecule has 2 heterocycles. The van der Waals surface area contributed by atoms with Crippen LogP contribution < -0.4 is 5.73 Å². The minimum Gasteiger partial charge on any atom is -0.507 e. The molecule has 7 atom stereocenters. The van der Waals surface area contributed by atoms with Gasteiger partial charge in [-0.05, 0) is 25.5 Å². The van der Waals surface area contributed by atoms with Crippen LogP contribution in [0.15, 0.2) is 17.8 Å². The maximum Gasteiger partial charge on any atom is 0.311 e. The summed E-state index contributed by atoms with van der Waals surface area (Å²) in [4.78, 5) is 51.1. The lowest BCUT2D eigenvalue weighted by atomic mass is 9.72. The molecule has 2 saturated heterocycles. The summed E-state index contributed by atoms with van der Waals surface area (Å²) >= 11 is 0. The van der Waals surface area contributed by atoms with Crippen molar-refractivity contribution < 1.29 is 39.2 Å². The highest BCUT2D eigenvalue weighted by Gasteiger charge is 2.53. The van der Waals surface area contributed by atoms with E-state index in [1.165, 1.54) is 6.07 Å². The van der Waals surface area contributed by atoms with Crippen LogP contribution in [0.4, 0.5) is 0 Å². The molecule has 0 spiro atoms. The van der Waals surface area contributed by atoms with Crippen molar-refractivity contribution in [2.24, 2.45) is 29.4 Å². The summed E-state index contributed by atoms with van der Waals surface area (Å²) < 4.78 is 11.9. The standard InChI is InChI=1S/C24H27NO7.H2O/c1-8-6-13-16(15(26)7-14(25)20(13)29)17(18(8)27)19(28)9(2)21-10(3)22-11(4)23(31-21)12(5)24(30)32-22;/h6-7,9-12,21-23,27H,25H2,1-5H3;1H2/t9-,10+,11-,12+,21+,22+,23-;/m1./s1. The lowest BCUT2D eigenvalue weighted by Gasteiger charge is -2.50. The van der Waals surface area contributed by atoms with Gasteiger partial charge in [-0.3, -0.25) is 19.2 Å². The number of hydrogen-bond acceptors (Lipinski definition) is 8. The van der Waals surface area contributed by atoms with E-state index in [1.807, 2.05) is 13.8 Å². The Bertz CT molecular complexity index is 1090. The van der Waals surface area contributed by atoms with E-state index >= 15 is 0 Å². The van der Waals surface area contributed by atoms with E-state index in [0.29, 0.717) is 5.56 Å². The molecule has 9 heteroatoms. The first-order valence-electron chi connectivity index (χ1n) is 10.8. The minimum absolute atomic E-state index is 0. The molecule has 0 radical (unpaired) electrons. The molecule has 3 aliphatic rings. The number of ketones is 3. The van der Waals surface area contributed by atoms with Crippen LogP contribution >= 0.6 is 0 Å². The Balaban J connectivity index is 0.00000306. The number of allylic oxidation sites excluding steroid dienone is 2. The predicted octanol–water partition coefficient (Wildman–Crippen LogP) is 1.52. The van der Waals surface area contributed by atoms with Crippen molar-refractivity contribution in [2.75, 3.05) is 0 Å². The van der Waals surface area contributed by atoms with E-state index in [2.05, 4.69) is 0 Å². The quantitative estimate of drug-likeness (QED) is 0.507. The third-order valence-corrected chi connectivity index (χ3v) is 7.19. The van der Waals surface area contributed by atoms with E-state index in [-0.39, 0.29) is 51.4 Å². The van der Waals surface area contributed by atoms with E-state index in [9.17, 15) is 24.3 Å². The predicted molar refractivity (Wildman–Crippen MR) is 117 cm³/mol. The van der Waals surface area contributed by atoms with Gasteiger partial charge in [0, 0.05) is 35.0 Å². The number of aryl methyl sites for hydroxylation is 1. The number of carbonyl (C=O) groups excluding carboxylic acids is 4. The molecule has 4 rings (SSSR count). The number of Topliss-reactive ketones (excluding diaryl/α,β-unsaturated/α-hetero) is 2. The molecule has 0 aromatic heterocycles. The van der Waals surface area contributed by atoms with Crippen molar-refractivity contribution in [3.63, 3.8) is 0 Å². The molecular weight excluding hydrogens is 430 g/mol. The summed E-state index contributed by atoms with van der Waals surface area (Å²) in [5.41, 5.74) is 5.42. The average molecular weight is 459 g/mol. The average Bonchev–Trinajstić information content (AvgIpc) is 2.74. The summed E-state index contributed by atoms with van der Waals surface area (Å²) in [6.07, 6.45) is -0.421. The molecule has 1 aromatic carbocycles. The number of nitrogens with two attached hydrogens (primary N) is 1. The zero-order chi connectivity index (χ0) is 23.6. The number of fused-ring (bicyclic) bond motifs is 3. The molecule has 2 fully saturated rings. The van der Waals surface area contributed by atoms with Crippen LogP contribution in [0.3, 0.4) is 0 Å². The van der Waals surface area contributed by atoms with Gasteiger partial charge in [-0.2, -0.15) is 0 Å². The van der Waals surface area contributed by atoms with Gasteiger partial charge in [0.1, 0.15) is 11.9 Å². The van der Waals surface area contributed by atoms with Crippen molar-refractivity contribution in [1.82, 2.24) is 0 Å². The minimum atomic E-state index is -0.769. The zero-order valence-corrected chi connectivity index (χ0v) is 19.2. The van der Waals surface area contributed by atoms with Crippen LogP contribution in [0, 0.1) is 30.6 Å². The topological polar surface area (TPSA) is 164 Å². The molecule has 2 aliphatic heterocycles. The van der Waals surface area contributed by atoms with Gasteiger partial charge in [0.2, 0.25) is 5.78 Å². The molecule has 1 aromatic rings. The van der Waals surface area contributed by atoms with Crippen LogP contribution in [-0.2, 0) is 14.3 Å². The van der Waals surface area contributed by atoms with E-state index in [1.54, 1.807) is 20.8 Å². The van der Waals surface area contributed by atoms with Gasteiger partial charge in [-0.15, -0.1) is 0 Å². The number of phenolic OH excluding ortho intramolecular Hbond substituents is 1. The Hall–Kier alpha value is -3.04. The second-order valence-corrected chi connectivity index (χ2v) is 9.26. The van der Waals surface area contributed by atoms with Crippen LogP contribution in [0.25, 0.3) is 0 Å². The second-order valence-electron chi connectivity index (χ2n) is 9.26. The first-order chi connectivity index (χ1) is 15.0. The summed E-state index contributed by atoms with van der Waals surface area (Å²) in [5, 5.41) is 10.7. The number of esters is 1. The Morgan fingerprint density at radius 1 is 1.12 bits per heavy atom. The first kappa shape index (κ1) is 24.6. The smallest absolute Gasteiger partial charge is 0.311 e. The normalized spacial score (nSPS) is 31.7. The molecule has 178 valence electrons.